The van der Waals surface area contributed by atoms with E-state index >= 15 is 0 Å². The van der Waals surface area contributed by atoms with Crippen LogP contribution in [0, 0.1) is 11.6 Å². The number of hydrogen-bond acceptors (Lipinski definition) is 5. The van der Waals surface area contributed by atoms with Crippen molar-refractivity contribution < 1.29 is 38.0 Å². The Morgan fingerprint density at radius 1 is 0.925 bits per heavy atom. The summed E-state index contributed by atoms with van der Waals surface area (Å²) in [6.07, 6.45) is 3.95. The first kappa shape index (κ1) is 26.1. The number of fused-ring (bicyclic) bond motifs is 3. The molecule has 0 spiro atoms. The Morgan fingerprint density at radius 2 is 1.65 bits per heavy atom. The largest absolute Gasteiger partial charge is 0.507 e. The third kappa shape index (κ3) is 3.75. The van der Waals surface area contributed by atoms with Gasteiger partial charge in [0, 0.05) is 41.6 Å². The van der Waals surface area contributed by atoms with E-state index in [0.717, 1.165) is 37.4 Å². The van der Waals surface area contributed by atoms with Gasteiger partial charge in [-0.3, -0.25) is 0 Å². The topological polar surface area (TPSA) is 90.2 Å². The van der Waals surface area contributed by atoms with Crippen molar-refractivity contribution in [1.29, 1.82) is 0 Å². The molecule has 2 aliphatic carbocycles. The lowest BCUT2D eigenvalue weighted by atomic mass is 9.77. The summed E-state index contributed by atoms with van der Waals surface area (Å²) in [6.45, 7) is 0. The quantitative estimate of drug-likeness (QED) is 0.270. The average Bonchev–Trinajstić information content (AvgIpc) is 3.62. The molecule has 0 aliphatic heterocycles. The summed E-state index contributed by atoms with van der Waals surface area (Å²) in [4.78, 5) is 11.8. The van der Waals surface area contributed by atoms with Crippen LogP contribution in [0.1, 0.15) is 48.2 Å². The first-order valence-electron chi connectivity index (χ1n) is 13.0. The van der Waals surface area contributed by atoms with Crippen LogP contribution in [0.5, 0.6) is 17.2 Å². The number of methoxy groups -OCH3 is 3. The Morgan fingerprint density at radius 3 is 2.27 bits per heavy atom. The molecule has 0 saturated heterocycles. The normalized spacial score (nSPS) is 21.7. The molecule has 6 rings (SSSR count). The smallest absolute Gasteiger partial charge is 0.339 e. The fourth-order valence-corrected chi connectivity index (χ4v) is 6.98. The van der Waals surface area contributed by atoms with Crippen LogP contribution in [0.2, 0.25) is 0 Å². The van der Waals surface area contributed by atoms with E-state index in [2.05, 4.69) is 0 Å². The monoisotopic (exact) mass is 549 g/mol. The number of carboxylic acid groups (broad SMARTS) is 1. The van der Waals surface area contributed by atoms with Crippen LogP contribution in [-0.2, 0) is 10.2 Å². The van der Waals surface area contributed by atoms with Gasteiger partial charge >= 0.3 is 5.97 Å². The number of nitrogens with zero attached hydrogens (tertiary/aromatic N) is 1. The van der Waals surface area contributed by atoms with E-state index < -0.39 is 23.0 Å². The molecule has 0 radical (unpaired) electrons. The molecule has 2 bridgehead atoms. The maximum absolute atomic E-state index is 14.9. The van der Waals surface area contributed by atoms with Crippen molar-refractivity contribution in [2.75, 3.05) is 21.3 Å². The molecular formula is C31H29F2NO6. The number of aromatic carboxylic acids is 1. The second-order valence-electron chi connectivity index (χ2n) is 10.8. The first-order chi connectivity index (χ1) is 19.2. The van der Waals surface area contributed by atoms with Crippen LogP contribution in [0.3, 0.4) is 0 Å². The molecular weight excluding hydrogens is 520 g/mol. The van der Waals surface area contributed by atoms with Gasteiger partial charge in [-0.2, -0.15) is 0 Å². The van der Waals surface area contributed by atoms with Crippen LogP contribution in [0.4, 0.5) is 8.78 Å². The summed E-state index contributed by atoms with van der Waals surface area (Å²) in [6, 6.07) is 11.6. The number of carbonyl (C=O) groups is 1. The second kappa shape index (κ2) is 9.23. The van der Waals surface area contributed by atoms with Crippen molar-refractivity contribution in [2.24, 2.45) is 0 Å². The fraction of sp³-hybridized carbons (Fsp3) is 0.323. The molecule has 1 aromatic heterocycles. The average molecular weight is 550 g/mol. The summed E-state index contributed by atoms with van der Waals surface area (Å²) in [5, 5.41) is 21.3. The highest BCUT2D eigenvalue weighted by Gasteiger charge is 2.57. The van der Waals surface area contributed by atoms with Crippen LogP contribution in [0.15, 0.2) is 48.5 Å². The SMILES string of the molecule is COc1cc(-n2c(C34CCC(OC)(CC3)C4)c(-c3ccc(C(=O)O)c(OC)c3)c3c(O)cc(F)cc32)ccc1F. The Bertz CT molecular complexity index is 1670. The third-order valence-corrected chi connectivity index (χ3v) is 8.84. The predicted octanol–water partition coefficient (Wildman–Crippen LogP) is 6.60. The number of halogens is 2. The van der Waals surface area contributed by atoms with E-state index in [4.69, 9.17) is 14.2 Å². The van der Waals surface area contributed by atoms with Crippen molar-refractivity contribution in [2.45, 2.75) is 43.1 Å². The molecule has 2 fully saturated rings. The summed E-state index contributed by atoms with van der Waals surface area (Å²) in [7, 11) is 4.50. The number of aromatic nitrogens is 1. The summed E-state index contributed by atoms with van der Waals surface area (Å²) >= 11 is 0. The van der Waals surface area contributed by atoms with Gasteiger partial charge in [-0.1, -0.05) is 6.07 Å². The van der Waals surface area contributed by atoms with Gasteiger partial charge in [0.05, 0.1) is 30.7 Å². The standard InChI is InChI=1S/C31H29F2NO6/c1-38-24-12-17(4-6-20(24)29(36)37)26-27-22(13-18(32)14-23(27)35)34(19-5-7-21(33)25(15-19)39-2)28(26)30-8-10-31(16-30,40-3)11-9-30/h4-7,12-15,35H,8-11,16H2,1-3H3,(H,36,37). The van der Waals surface area contributed by atoms with Gasteiger partial charge in [0.2, 0.25) is 0 Å². The predicted molar refractivity (Wildman–Crippen MR) is 145 cm³/mol. The molecule has 0 unspecified atom stereocenters. The van der Waals surface area contributed by atoms with Gasteiger partial charge < -0.3 is 29.0 Å². The Balaban J connectivity index is 1.76. The number of carboxylic acids is 1. The summed E-state index contributed by atoms with van der Waals surface area (Å²) in [5.41, 5.74) is 2.29. The van der Waals surface area contributed by atoms with Crippen molar-refractivity contribution in [3.8, 4) is 34.1 Å². The molecule has 9 heteroatoms. The maximum Gasteiger partial charge on any atom is 0.339 e. The molecule has 40 heavy (non-hydrogen) atoms. The lowest BCUT2D eigenvalue weighted by Crippen LogP contribution is -2.24. The molecule has 208 valence electrons. The molecule has 2 N–H and O–H groups in total. The number of benzene rings is 3. The molecule has 2 aliphatic rings. The second-order valence-corrected chi connectivity index (χ2v) is 10.8. The zero-order valence-electron chi connectivity index (χ0n) is 22.4. The van der Waals surface area contributed by atoms with E-state index in [0.29, 0.717) is 34.1 Å². The van der Waals surface area contributed by atoms with Gasteiger partial charge in [-0.15, -0.1) is 0 Å². The molecule has 0 amide bonds. The van der Waals surface area contributed by atoms with Crippen molar-refractivity contribution >= 4 is 16.9 Å². The highest BCUT2D eigenvalue weighted by atomic mass is 19.1. The van der Waals surface area contributed by atoms with E-state index in [-0.39, 0.29) is 28.4 Å². The van der Waals surface area contributed by atoms with Crippen molar-refractivity contribution in [1.82, 2.24) is 4.57 Å². The number of hydrogen-bond donors (Lipinski definition) is 2. The Labute approximate surface area is 229 Å². The van der Waals surface area contributed by atoms with E-state index in [1.165, 1.54) is 32.4 Å². The number of aromatic hydroxyl groups is 1. The lowest BCUT2D eigenvalue weighted by Gasteiger charge is -2.30. The minimum Gasteiger partial charge on any atom is -0.507 e. The van der Waals surface area contributed by atoms with Crippen LogP contribution < -0.4 is 9.47 Å². The molecule has 0 atom stereocenters. The third-order valence-electron chi connectivity index (χ3n) is 8.84. The van der Waals surface area contributed by atoms with Gasteiger partial charge in [-0.05, 0) is 68.0 Å². The summed E-state index contributed by atoms with van der Waals surface area (Å²) < 4.78 is 48.0. The highest BCUT2D eigenvalue weighted by Crippen LogP contribution is 2.62. The van der Waals surface area contributed by atoms with Gasteiger partial charge in [0.1, 0.15) is 22.9 Å². The zero-order valence-corrected chi connectivity index (χ0v) is 22.4. The summed E-state index contributed by atoms with van der Waals surface area (Å²) in [5.74, 6) is -2.37. The Kier molecular flexibility index (Phi) is 6.03. The van der Waals surface area contributed by atoms with E-state index in [1.807, 2.05) is 4.57 Å². The van der Waals surface area contributed by atoms with Gasteiger partial charge in [0.15, 0.2) is 11.6 Å². The van der Waals surface area contributed by atoms with Crippen LogP contribution in [-0.4, -0.2) is 47.7 Å². The first-order valence-corrected chi connectivity index (χ1v) is 13.0. The van der Waals surface area contributed by atoms with Crippen LogP contribution in [0.25, 0.3) is 27.7 Å². The van der Waals surface area contributed by atoms with Gasteiger partial charge in [-0.25, -0.2) is 13.6 Å². The minimum absolute atomic E-state index is 0.00614. The number of phenols is 1. The maximum atomic E-state index is 14.9. The van der Waals surface area contributed by atoms with E-state index in [1.54, 1.807) is 31.4 Å². The molecule has 1 heterocycles. The number of phenolic OH excluding ortho intramolecular Hbond substituents is 1. The van der Waals surface area contributed by atoms with Crippen molar-refractivity contribution in [3.05, 3.63) is 71.4 Å². The molecule has 4 aromatic rings. The lowest BCUT2D eigenvalue weighted by molar-refractivity contribution is -0.000311. The van der Waals surface area contributed by atoms with Crippen molar-refractivity contribution in [3.63, 3.8) is 0 Å². The molecule has 7 nitrogen and oxygen atoms in total. The van der Waals surface area contributed by atoms with E-state index in [9.17, 15) is 23.8 Å². The van der Waals surface area contributed by atoms with Crippen LogP contribution >= 0.6 is 0 Å². The fourth-order valence-electron chi connectivity index (χ4n) is 6.98. The number of rotatable bonds is 7. The van der Waals surface area contributed by atoms with Gasteiger partial charge in [0.25, 0.3) is 0 Å². The molecule has 3 aromatic carbocycles. The zero-order chi connectivity index (χ0) is 28.4. The Hall–Kier alpha value is -4.11. The minimum atomic E-state index is -1.13. The number of ether oxygens (including phenoxy) is 3. The molecule has 2 saturated carbocycles. The highest BCUT2D eigenvalue weighted by molar-refractivity contribution is 6.04.